The van der Waals surface area contributed by atoms with Crippen LogP contribution in [0, 0.1) is 12.8 Å². The zero-order chi connectivity index (χ0) is 14.6. The smallest absolute Gasteiger partial charge is 0.236 e. The lowest BCUT2D eigenvalue weighted by atomic mass is 10.1. The largest absolute Gasteiger partial charge is 0.496 e. The molecule has 19 heavy (non-hydrogen) atoms. The Morgan fingerprint density at radius 1 is 1.42 bits per heavy atom. The van der Waals surface area contributed by atoms with Crippen molar-refractivity contribution in [3.63, 3.8) is 0 Å². The lowest BCUT2D eigenvalue weighted by Crippen LogP contribution is -2.35. The van der Waals surface area contributed by atoms with Crippen LogP contribution < -0.4 is 4.74 Å². The maximum atomic E-state index is 12.2. The zero-order valence-corrected chi connectivity index (χ0v) is 13.8. The van der Waals surface area contributed by atoms with Crippen molar-refractivity contribution in [2.24, 2.45) is 5.92 Å². The highest BCUT2D eigenvalue weighted by atomic mass is 79.9. The molecule has 0 saturated heterocycles. The van der Waals surface area contributed by atoms with E-state index in [-0.39, 0.29) is 16.7 Å². The maximum Gasteiger partial charge on any atom is 0.236 e. The van der Waals surface area contributed by atoms with Crippen LogP contribution in [0.15, 0.2) is 18.2 Å². The number of methoxy groups -OCH3 is 1. The van der Waals surface area contributed by atoms with Gasteiger partial charge in [-0.1, -0.05) is 47.5 Å². The van der Waals surface area contributed by atoms with Crippen molar-refractivity contribution in [1.82, 2.24) is 4.90 Å². The number of alkyl halides is 1. The molecule has 0 aliphatic heterocycles. The second-order valence-electron chi connectivity index (χ2n) is 5.16. The Morgan fingerprint density at radius 3 is 2.58 bits per heavy atom. The van der Waals surface area contributed by atoms with Gasteiger partial charge in [0.05, 0.1) is 11.9 Å². The third kappa shape index (κ3) is 4.23. The monoisotopic (exact) mass is 327 g/mol. The third-order valence-corrected chi connectivity index (χ3v) is 4.49. The van der Waals surface area contributed by atoms with E-state index < -0.39 is 0 Å². The van der Waals surface area contributed by atoms with Gasteiger partial charge in [0.1, 0.15) is 5.75 Å². The molecule has 1 aromatic carbocycles. The number of hydrogen-bond donors (Lipinski definition) is 0. The van der Waals surface area contributed by atoms with E-state index in [1.807, 2.05) is 40.0 Å². The molecule has 0 heterocycles. The van der Waals surface area contributed by atoms with Crippen molar-refractivity contribution in [3.05, 3.63) is 29.3 Å². The van der Waals surface area contributed by atoms with Crippen molar-refractivity contribution in [2.45, 2.75) is 32.1 Å². The van der Waals surface area contributed by atoms with E-state index in [1.165, 1.54) is 0 Å². The second kappa shape index (κ2) is 6.94. The molecule has 0 radical (unpaired) electrons. The first-order valence-electron chi connectivity index (χ1n) is 6.39. The van der Waals surface area contributed by atoms with Crippen LogP contribution in [0.25, 0.3) is 0 Å². The summed E-state index contributed by atoms with van der Waals surface area (Å²) in [4.78, 5) is 13.8. The van der Waals surface area contributed by atoms with Crippen molar-refractivity contribution in [1.29, 1.82) is 0 Å². The van der Waals surface area contributed by atoms with E-state index in [1.54, 1.807) is 12.0 Å². The lowest BCUT2D eigenvalue weighted by Gasteiger charge is -2.23. The van der Waals surface area contributed by atoms with Gasteiger partial charge in [0.25, 0.3) is 0 Å². The van der Waals surface area contributed by atoms with Crippen molar-refractivity contribution >= 4 is 21.8 Å². The van der Waals surface area contributed by atoms with Gasteiger partial charge in [-0.2, -0.15) is 0 Å². The molecule has 0 aromatic heterocycles. The standard InChI is InChI=1S/C15H22BrNO2/c1-10(2)14(16)15(18)17(4)9-12-8-11(3)6-7-13(12)19-5/h6-8,10,14H,9H2,1-5H3. The molecule has 0 aliphatic carbocycles. The van der Waals surface area contributed by atoms with Crippen LogP contribution in [-0.4, -0.2) is 29.8 Å². The number of carbonyl (C=O) groups is 1. The van der Waals surface area contributed by atoms with Gasteiger partial charge in [0.15, 0.2) is 0 Å². The highest BCUT2D eigenvalue weighted by Gasteiger charge is 2.22. The number of benzene rings is 1. The molecule has 0 saturated carbocycles. The number of rotatable bonds is 5. The van der Waals surface area contributed by atoms with E-state index in [9.17, 15) is 4.79 Å². The van der Waals surface area contributed by atoms with Crippen LogP contribution >= 0.6 is 15.9 Å². The molecule has 0 bridgehead atoms. The average Bonchev–Trinajstić information content (AvgIpc) is 2.37. The molecule has 1 amide bonds. The van der Waals surface area contributed by atoms with Gasteiger partial charge < -0.3 is 9.64 Å². The van der Waals surface area contributed by atoms with E-state index in [0.717, 1.165) is 16.9 Å². The highest BCUT2D eigenvalue weighted by molar-refractivity contribution is 9.10. The first-order valence-corrected chi connectivity index (χ1v) is 7.31. The molecule has 0 fully saturated rings. The van der Waals surface area contributed by atoms with E-state index >= 15 is 0 Å². The fraction of sp³-hybridized carbons (Fsp3) is 0.533. The first-order chi connectivity index (χ1) is 8.86. The predicted octanol–water partition coefficient (Wildman–Crippen LogP) is 3.38. The third-order valence-electron chi connectivity index (χ3n) is 3.04. The summed E-state index contributed by atoms with van der Waals surface area (Å²) in [7, 11) is 3.47. The molecule has 4 heteroatoms. The van der Waals surface area contributed by atoms with Crippen LogP contribution in [0.4, 0.5) is 0 Å². The van der Waals surface area contributed by atoms with Gasteiger partial charge in [-0.15, -0.1) is 0 Å². The molecular formula is C15H22BrNO2. The molecule has 0 aliphatic rings. The normalized spacial score (nSPS) is 12.4. The molecule has 106 valence electrons. The summed E-state index contributed by atoms with van der Waals surface area (Å²) < 4.78 is 5.34. The summed E-state index contributed by atoms with van der Waals surface area (Å²) in [6.45, 7) is 6.64. The van der Waals surface area contributed by atoms with Crippen molar-refractivity contribution in [3.8, 4) is 5.75 Å². The van der Waals surface area contributed by atoms with E-state index in [2.05, 4.69) is 22.0 Å². The molecule has 0 spiro atoms. The number of halogens is 1. The molecule has 1 aromatic rings. The minimum absolute atomic E-state index is 0.0959. The summed E-state index contributed by atoms with van der Waals surface area (Å²) >= 11 is 3.45. The Morgan fingerprint density at radius 2 is 2.05 bits per heavy atom. The minimum atomic E-state index is -0.145. The quantitative estimate of drug-likeness (QED) is 0.776. The van der Waals surface area contributed by atoms with Crippen LogP contribution in [0.5, 0.6) is 5.75 Å². The Bertz CT molecular complexity index is 446. The van der Waals surface area contributed by atoms with Gasteiger partial charge in [-0.3, -0.25) is 4.79 Å². The summed E-state index contributed by atoms with van der Waals surface area (Å²) in [5.41, 5.74) is 2.19. The maximum absolute atomic E-state index is 12.2. The summed E-state index contributed by atoms with van der Waals surface area (Å²) in [6, 6.07) is 6.00. The van der Waals surface area contributed by atoms with Crippen LogP contribution in [-0.2, 0) is 11.3 Å². The number of carbonyl (C=O) groups excluding carboxylic acids is 1. The van der Waals surface area contributed by atoms with E-state index in [4.69, 9.17) is 4.74 Å². The van der Waals surface area contributed by atoms with Gasteiger partial charge in [0, 0.05) is 19.2 Å². The predicted molar refractivity (Wildman–Crippen MR) is 81.8 cm³/mol. The molecular weight excluding hydrogens is 306 g/mol. The second-order valence-corrected chi connectivity index (χ2v) is 6.14. The number of hydrogen-bond acceptors (Lipinski definition) is 2. The number of aryl methyl sites for hydroxylation is 1. The first kappa shape index (κ1) is 16.0. The Kier molecular flexibility index (Phi) is 5.85. The van der Waals surface area contributed by atoms with E-state index in [0.29, 0.717) is 6.54 Å². The van der Waals surface area contributed by atoms with Crippen LogP contribution in [0.2, 0.25) is 0 Å². The Labute approximate surface area is 124 Å². The summed E-state index contributed by atoms with van der Waals surface area (Å²) in [5.74, 6) is 1.19. The molecule has 1 unspecified atom stereocenters. The van der Waals surface area contributed by atoms with Crippen LogP contribution in [0.1, 0.15) is 25.0 Å². The molecule has 1 rings (SSSR count). The number of ether oxygens (including phenoxy) is 1. The Balaban J connectivity index is 2.84. The van der Waals surface area contributed by atoms with Gasteiger partial charge in [0.2, 0.25) is 5.91 Å². The topological polar surface area (TPSA) is 29.5 Å². The fourth-order valence-electron chi connectivity index (χ4n) is 1.86. The fourth-order valence-corrected chi connectivity index (χ4v) is 2.21. The van der Waals surface area contributed by atoms with Gasteiger partial charge >= 0.3 is 0 Å². The molecule has 1 atom stereocenters. The number of nitrogens with zero attached hydrogens (tertiary/aromatic N) is 1. The summed E-state index contributed by atoms with van der Waals surface area (Å²) in [5, 5.41) is 0. The lowest BCUT2D eigenvalue weighted by molar-refractivity contribution is -0.130. The Hall–Kier alpha value is -1.03. The highest BCUT2D eigenvalue weighted by Crippen LogP contribution is 2.22. The zero-order valence-electron chi connectivity index (χ0n) is 12.2. The van der Waals surface area contributed by atoms with Crippen LogP contribution in [0.3, 0.4) is 0 Å². The molecule has 0 N–H and O–H groups in total. The minimum Gasteiger partial charge on any atom is -0.496 e. The molecule has 3 nitrogen and oxygen atoms in total. The number of amides is 1. The van der Waals surface area contributed by atoms with Gasteiger partial charge in [-0.25, -0.2) is 0 Å². The van der Waals surface area contributed by atoms with Gasteiger partial charge in [-0.05, 0) is 18.9 Å². The van der Waals surface area contributed by atoms with Crippen molar-refractivity contribution in [2.75, 3.05) is 14.2 Å². The van der Waals surface area contributed by atoms with Crippen molar-refractivity contribution < 1.29 is 9.53 Å². The summed E-state index contributed by atoms with van der Waals surface area (Å²) in [6.07, 6.45) is 0. The average molecular weight is 328 g/mol. The SMILES string of the molecule is COc1ccc(C)cc1CN(C)C(=O)C(Br)C(C)C.